The van der Waals surface area contributed by atoms with Crippen molar-refractivity contribution in [1.82, 2.24) is 9.88 Å². The minimum Gasteiger partial charge on any atom is -0.308 e. The van der Waals surface area contributed by atoms with Crippen molar-refractivity contribution in [2.24, 2.45) is 5.84 Å². The van der Waals surface area contributed by atoms with Crippen LogP contribution in [0.5, 0.6) is 0 Å². The first-order chi connectivity index (χ1) is 6.67. The predicted molar refractivity (Wildman–Crippen MR) is 59.1 cm³/mol. The first-order valence-electron chi connectivity index (χ1n) is 4.48. The first kappa shape index (κ1) is 11.2. The molecule has 0 aliphatic heterocycles. The maximum atomic E-state index is 6.00. The molecule has 1 aromatic heterocycles. The van der Waals surface area contributed by atoms with Gasteiger partial charge in [0.15, 0.2) is 0 Å². The molecule has 0 spiro atoms. The normalized spacial score (nSPS) is 10.6. The average Bonchev–Trinajstić information content (AvgIpc) is 2.21. The van der Waals surface area contributed by atoms with Crippen LogP contribution in [-0.4, -0.2) is 23.5 Å². The topological polar surface area (TPSA) is 54.2 Å². The van der Waals surface area contributed by atoms with Gasteiger partial charge in [0.1, 0.15) is 5.82 Å². The molecule has 0 atom stereocenters. The summed E-state index contributed by atoms with van der Waals surface area (Å²) in [5.74, 6) is 5.90. The smallest absolute Gasteiger partial charge is 0.140 e. The zero-order valence-corrected chi connectivity index (χ0v) is 9.17. The molecule has 1 rings (SSSR count). The van der Waals surface area contributed by atoms with Gasteiger partial charge in [-0.3, -0.25) is 0 Å². The number of aromatic nitrogens is 1. The molecule has 0 amide bonds. The van der Waals surface area contributed by atoms with Crippen LogP contribution in [0.1, 0.15) is 12.6 Å². The van der Waals surface area contributed by atoms with Crippen LogP contribution in [0.15, 0.2) is 12.1 Å². The maximum Gasteiger partial charge on any atom is 0.140 e. The average molecular weight is 215 g/mol. The number of nitrogens with one attached hydrogen (secondary N) is 1. The Kier molecular flexibility index (Phi) is 4.13. The Morgan fingerprint density at radius 1 is 1.57 bits per heavy atom. The molecule has 0 radical (unpaired) electrons. The highest BCUT2D eigenvalue weighted by Crippen LogP contribution is 2.17. The van der Waals surface area contributed by atoms with Gasteiger partial charge in [-0.15, -0.1) is 0 Å². The molecule has 4 nitrogen and oxygen atoms in total. The lowest BCUT2D eigenvalue weighted by Crippen LogP contribution is -2.18. The summed E-state index contributed by atoms with van der Waals surface area (Å²) in [7, 11) is 2.01. The molecular formula is C9H15ClN4. The third-order valence-corrected chi connectivity index (χ3v) is 2.37. The van der Waals surface area contributed by atoms with E-state index in [1.807, 2.05) is 7.05 Å². The summed E-state index contributed by atoms with van der Waals surface area (Å²) in [5, 5.41) is 0.671. The molecule has 1 heterocycles. The predicted octanol–water partition coefficient (Wildman–Crippen LogP) is 1.47. The molecule has 0 aliphatic rings. The summed E-state index contributed by atoms with van der Waals surface area (Å²) in [6, 6.07) is 3.54. The highest BCUT2D eigenvalue weighted by atomic mass is 35.5. The van der Waals surface area contributed by atoms with Crippen LogP contribution in [0.3, 0.4) is 0 Å². The van der Waals surface area contributed by atoms with Gasteiger partial charge in [-0.25, -0.2) is 10.8 Å². The molecule has 5 heteroatoms. The number of nitrogens with two attached hydrogens (primary N) is 1. The minimum absolute atomic E-state index is 0.633. The lowest BCUT2D eigenvalue weighted by atomic mass is 10.3. The van der Waals surface area contributed by atoms with Crippen molar-refractivity contribution >= 4 is 17.4 Å². The van der Waals surface area contributed by atoms with E-state index < -0.39 is 0 Å². The van der Waals surface area contributed by atoms with Crippen LogP contribution >= 0.6 is 11.6 Å². The van der Waals surface area contributed by atoms with Crippen LogP contribution in [0.2, 0.25) is 5.02 Å². The second-order valence-electron chi connectivity index (χ2n) is 3.10. The Balaban J connectivity index is 2.83. The largest absolute Gasteiger partial charge is 0.308 e. The van der Waals surface area contributed by atoms with E-state index in [9.17, 15) is 0 Å². The van der Waals surface area contributed by atoms with Gasteiger partial charge in [-0.1, -0.05) is 18.5 Å². The lowest BCUT2D eigenvalue weighted by Gasteiger charge is -2.14. The van der Waals surface area contributed by atoms with Gasteiger partial charge in [0.2, 0.25) is 0 Å². The Bertz CT molecular complexity index is 303. The third kappa shape index (κ3) is 2.83. The van der Waals surface area contributed by atoms with E-state index in [1.54, 1.807) is 12.1 Å². The van der Waals surface area contributed by atoms with E-state index in [2.05, 4.69) is 22.2 Å². The number of halogens is 1. The van der Waals surface area contributed by atoms with E-state index >= 15 is 0 Å². The molecule has 0 aliphatic carbocycles. The first-order valence-corrected chi connectivity index (χ1v) is 4.85. The fraction of sp³-hybridized carbons (Fsp3) is 0.444. The minimum atomic E-state index is 0.633. The summed E-state index contributed by atoms with van der Waals surface area (Å²) >= 11 is 6.00. The van der Waals surface area contributed by atoms with Gasteiger partial charge < -0.3 is 10.3 Å². The van der Waals surface area contributed by atoms with Gasteiger partial charge in [-0.2, -0.15) is 0 Å². The number of rotatable bonds is 4. The zero-order valence-electron chi connectivity index (χ0n) is 8.42. The highest BCUT2D eigenvalue weighted by Gasteiger charge is 2.05. The molecule has 1 aromatic rings. The number of hydrazine groups is 1. The standard InChI is InChI=1S/C9H15ClN4/c1-3-14(2)6-8-7(10)4-5-9(12-8)13-11/h4-5H,3,6,11H2,1-2H3,(H,12,13). The molecule has 0 fully saturated rings. The van der Waals surface area contributed by atoms with Crippen LogP contribution in [0.4, 0.5) is 5.82 Å². The highest BCUT2D eigenvalue weighted by molar-refractivity contribution is 6.31. The number of nitrogens with zero attached hydrogens (tertiary/aromatic N) is 2. The number of hydrogen-bond acceptors (Lipinski definition) is 4. The van der Waals surface area contributed by atoms with E-state index in [0.29, 0.717) is 10.8 Å². The van der Waals surface area contributed by atoms with Crippen LogP contribution in [-0.2, 0) is 6.54 Å². The van der Waals surface area contributed by atoms with Crippen molar-refractivity contribution in [3.63, 3.8) is 0 Å². The van der Waals surface area contributed by atoms with Gasteiger partial charge in [0.25, 0.3) is 0 Å². The molecule has 0 unspecified atom stereocenters. The molecule has 3 N–H and O–H groups in total. The summed E-state index contributed by atoms with van der Waals surface area (Å²) in [6.45, 7) is 3.77. The number of anilines is 1. The van der Waals surface area contributed by atoms with Gasteiger partial charge in [-0.05, 0) is 25.7 Å². The summed E-state index contributed by atoms with van der Waals surface area (Å²) in [4.78, 5) is 6.39. The van der Waals surface area contributed by atoms with E-state index in [-0.39, 0.29) is 0 Å². The summed E-state index contributed by atoms with van der Waals surface area (Å²) < 4.78 is 0. The molecule has 0 saturated carbocycles. The van der Waals surface area contributed by atoms with Crippen molar-refractivity contribution < 1.29 is 0 Å². The Labute approximate surface area is 89.0 Å². The SMILES string of the molecule is CCN(C)Cc1nc(NN)ccc1Cl. The summed E-state index contributed by atoms with van der Waals surface area (Å²) in [6.07, 6.45) is 0. The second kappa shape index (κ2) is 5.14. The van der Waals surface area contributed by atoms with Gasteiger partial charge >= 0.3 is 0 Å². The Hall–Kier alpha value is -0.840. The van der Waals surface area contributed by atoms with Gasteiger partial charge in [0, 0.05) is 6.54 Å². The van der Waals surface area contributed by atoms with Crippen molar-refractivity contribution in [2.75, 3.05) is 19.0 Å². The molecule has 0 bridgehead atoms. The summed E-state index contributed by atoms with van der Waals surface area (Å²) in [5.41, 5.74) is 3.34. The second-order valence-corrected chi connectivity index (χ2v) is 3.51. The molecule has 0 aromatic carbocycles. The van der Waals surface area contributed by atoms with Crippen LogP contribution in [0.25, 0.3) is 0 Å². The van der Waals surface area contributed by atoms with Crippen molar-refractivity contribution in [3.8, 4) is 0 Å². The number of nitrogen functional groups attached to an aromatic ring is 1. The maximum absolute atomic E-state index is 6.00. The van der Waals surface area contributed by atoms with Crippen LogP contribution in [0, 0.1) is 0 Å². The monoisotopic (exact) mass is 214 g/mol. The molecule has 14 heavy (non-hydrogen) atoms. The van der Waals surface area contributed by atoms with Crippen LogP contribution < -0.4 is 11.3 Å². The number of hydrogen-bond donors (Lipinski definition) is 2. The number of pyridine rings is 1. The van der Waals surface area contributed by atoms with E-state index in [0.717, 1.165) is 18.8 Å². The van der Waals surface area contributed by atoms with E-state index in [1.165, 1.54) is 0 Å². The molecule has 78 valence electrons. The zero-order chi connectivity index (χ0) is 10.6. The van der Waals surface area contributed by atoms with Crippen molar-refractivity contribution in [1.29, 1.82) is 0 Å². The molecule has 0 saturated heterocycles. The third-order valence-electron chi connectivity index (χ3n) is 2.03. The van der Waals surface area contributed by atoms with Crippen molar-refractivity contribution in [2.45, 2.75) is 13.5 Å². The Morgan fingerprint density at radius 2 is 2.29 bits per heavy atom. The van der Waals surface area contributed by atoms with Gasteiger partial charge in [0.05, 0.1) is 10.7 Å². The Morgan fingerprint density at radius 3 is 2.86 bits per heavy atom. The molecular weight excluding hydrogens is 200 g/mol. The fourth-order valence-corrected chi connectivity index (χ4v) is 1.21. The lowest BCUT2D eigenvalue weighted by molar-refractivity contribution is 0.341. The quantitative estimate of drug-likeness (QED) is 0.589. The van der Waals surface area contributed by atoms with Crippen molar-refractivity contribution in [3.05, 3.63) is 22.8 Å². The van der Waals surface area contributed by atoms with E-state index in [4.69, 9.17) is 17.4 Å². The fourth-order valence-electron chi connectivity index (χ4n) is 1.04.